The van der Waals surface area contributed by atoms with Crippen LogP contribution in [0.3, 0.4) is 0 Å². The summed E-state index contributed by atoms with van der Waals surface area (Å²) in [6, 6.07) is 18.5. The second-order valence-electron chi connectivity index (χ2n) is 7.11. The number of carbonyl (C=O) groups excluding carboxylic acids is 1. The summed E-state index contributed by atoms with van der Waals surface area (Å²) in [6.45, 7) is 3.16. The lowest BCUT2D eigenvalue weighted by atomic mass is 10.1. The number of rotatable bonds is 6. The molecule has 3 aromatic carbocycles. The van der Waals surface area contributed by atoms with Gasteiger partial charge in [-0.05, 0) is 60.5 Å². The van der Waals surface area contributed by atoms with E-state index in [2.05, 4.69) is 10.0 Å². The van der Waals surface area contributed by atoms with Gasteiger partial charge in [-0.2, -0.15) is 0 Å². The van der Waals surface area contributed by atoms with Crippen LogP contribution in [0.25, 0.3) is 0 Å². The second-order valence-corrected chi connectivity index (χ2v) is 8.79. The molecule has 0 atom stereocenters. The lowest BCUT2D eigenvalue weighted by molar-refractivity contribution is 0.0950. The Labute approximate surface area is 181 Å². The van der Waals surface area contributed by atoms with Crippen LogP contribution in [-0.2, 0) is 16.6 Å². The summed E-state index contributed by atoms with van der Waals surface area (Å²) < 4.78 is 38.9. The molecular weight excluding hydrogens is 416 g/mol. The van der Waals surface area contributed by atoms with E-state index in [1.54, 1.807) is 12.1 Å². The molecule has 0 saturated heterocycles. The minimum atomic E-state index is -3.75. The number of benzene rings is 3. The third-order valence-corrected chi connectivity index (χ3v) is 6.26. The van der Waals surface area contributed by atoms with Crippen LogP contribution in [0.4, 0.5) is 5.69 Å². The molecule has 0 aliphatic carbocycles. The van der Waals surface area contributed by atoms with Gasteiger partial charge in [0, 0.05) is 12.1 Å². The standard InChI is InChI=1S/C23H22N2O5S/c1-16-4-2-3-5-20(16)25-31(27,28)19-9-7-18(8-10-19)23(26)24-15-17-6-11-21-22(14-17)30-13-12-29-21/h2-11,14,25H,12-13,15H2,1H3,(H,24,26). The first kappa shape index (κ1) is 20.7. The van der Waals surface area contributed by atoms with Crippen LogP contribution in [0.15, 0.2) is 71.6 Å². The van der Waals surface area contributed by atoms with Crippen LogP contribution in [0.1, 0.15) is 21.5 Å². The average Bonchev–Trinajstić information content (AvgIpc) is 2.79. The Morgan fingerprint density at radius 3 is 2.39 bits per heavy atom. The summed E-state index contributed by atoms with van der Waals surface area (Å²) in [4.78, 5) is 12.6. The first-order chi connectivity index (χ1) is 14.9. The Bertz CT molecular complexity index is 1210. The van der Waals surface area contributed by atoms with Gasteiger partial charge >= 0.3 is 0 Å². The molecule has 0 fully saturated rings. The number of fused-ring (bicyclic) bond motifs is 1. The van der Waals surface area contributed by atoms with Crippen LogP contribution in [0.5, 0.6) is 11.5 Å². The van der Waals surface area contributed by atoms with Crippen molar-refractivity contribution in [3.05, 3.63) is 83.4 Å². The number of ether oxygens (including phenoxy) is 2. The Hall–Kier alpha value is -3.52. The topological polar surface area (TPSA) is 93.7 Å². The number of nitrogens with one attached hydrogen (secondary N) is 2. The van der Waals surface area contributed by atoms with Crippen LogP contribution in [0.2, 0.25) is 0 Å². The number of para-hydroxylation sites is 1. The van der Waals surface area contributed by atoms with Gasteiger partial charge in [0.25, 0.3) is 15.9 Å². The van der Waals surface area contributed by atoms with Crippen molar-refractivity contribution in [2.24, 2.45) is 0 Å². The zero-order valence-electron chi connectivity index (χ0n) is 16.9. The quantitative estimate of drug-likeness (QED) is 0.614. The van der Waals surface area contributed by atoms with Crippen molar-refractivity contribution in [1.82, 2.24) is 5.32 Å². The maximum absolute atomic E-state index is 12.6. The SMILES string of the molecule is Cc1ccccc1NS(=O)(=O)c1ccc(C(=O)NCc2ccc3c(c2)OCCO3)cc1. The van der Waals surface area contributed by atoms with E-state index >= 15 is 0 Å². The third kappa shape index (κ3) is 4.80. The van der Waals surface area contributed by atoms with E-state index in [9.17, 15) is 13.2 Å². The molecule has 0 radical (unpaired) electrons. The highest BCUT2D eigenvalue weighted by molar-refractivity contribution is 7.92. The molecule has 8 heteroatoms. The zero-order valence-corrected chi connectivity index (χ0v) is 17.7. The van der Waals surface area contributed by atoms with Gasteiger partial charge in [-0.1, -0.05) is 24.3 Å². The first-order valence-electron chi connectivity index (χ1n) is 9.78. The first-order valence-corrected chi connectivity index (χ1v) is 11.3. The molecule has 4 rings (SSSR count). The molecule has 0 aromatic heterocycles. The average molecular weight is 439 g/mol. The highest BCUT2D eigenvalue weighted by Gasteiger charge is 2.16. The molecule has 7 nitrogen and oxygen atoms in total. The summed E-state index contributed by atoms with van der Waals surface area (Å²) in [5, 5.41) is 2.83. The highest BCUT2D eigenvalue weighted by atomic mass is 32.2. The van der Waals surface area contributed by atoms with E-state index in [-0.39, 0.29) is 10.8 Å². The zero-order chi connectivity index (χ0) is 21.8. The van der Waals surface area contributed by atoms with Crippen molar-refractivity contribution in [3.8, 4) is 11.5 Å². The number of sulfonamides is 1. The summed E-state index contributed by atoms with van der Waals surface area (Å²) >= 11 is 0. The van der Waals surface area contributed by atoms with Gasteiger partial charge in [0.05, 0.1) is 10.6 Å². The summed E-state index contributed by atoms with van der Waals surface area (Å²) in [6.07, 6.45) is 0. The fraction of sp³-hybridized carbons (Fsp3) is 0.174. The molecule has 160 valence electrons. The van der Waals surface area contributed by atoms with Crippen LogP contribution in [0, 0.1) is 6.92 Å². The minimum absolute atomic E-state index is 0.0825. The molecule has 1 amide bonds. The summed E-state index contributed by atoms with van der Waals surface area (Å²) in [7, 11) is -3.75. The number of hydrogen-bond donors (Lipinski definition) is 2. The lowest BCUT2D eigenvalue weighted by Crippen LogP contribution is -2.23. The fourth-order valence-corrected chi connectivity index (χ4v) is 4.29. The van der Waals surface area contributed by atoms with Gasteiger partial charge in [0.15, 0.2) is 11.5 Å². The van der Waals surface area contributed by atoms with Crippen molar-refractivity contribution >= 4 is 21.6 Å². The summed E-state index contributed by atoms with van der Waals surface area (Å²) in [5.74, 6) is 1.05. The van der Waals surface area contributed by atoms with Gasteiger partial charge in [-0.25, -0.2) is 8.42 Å². The van der Waals surface area contributed by atoms with E-state index in [1.165, 1.54) is 24.3 Å². The third-order valence-electron chi connectivity index (χ3n) is 4.88. The molecule has 3 aromatic rings. The smallest absolute Gasteiger partial charge is 0.261 e. The maximum atomic E-state index is 12.6. The van der Waals surface area contributed by atoms with Crippen LogP contribution >= 0.6 is 0 Å². The predicted molar refractivity (Wildman–Crippen MR) is 117 cm³/mol. The number of aryl methyl sites for hydroxylation is 1. The molecule has 1 aliphatic heterocycles. The number of anilines is 1. The Morgan fingerprint density at radius 1 is 0.935 bits per heavy atom. The van der Waals surface area contributed by atoms with Gasteiger partial charge in [-0.15, -0.1) is 0 Å². The van der Waals surface area contributed by atoms with Crippen LogP contribution in [-0.4, -0.2) is 27.5 Å². The van der Waals surface area contributed by atoms with Crippen molar-refractivity contribution in [3.63, 3.8) is 0 Å². The number of carbonyl (C=O) groups is 1. The van der Waals surface area contributed by atoms with Gasteiger partial charge in [0.1, 0.15) is 13.2 Å². The van der Waals surface area contributed by atoms with E-state index in [1.807, 2.05) is 37.3 Å². The van der Waals surface area contributed by atoms with Crippen molar-refractivity contribution in [1.29, 1.82) is 0 Å². The number of amides is 1. The van der Waals surface area contributed by atoms with Crippen LogP contribution < -0.4 is 19.5 Å². The van der Waals surface area contributed by atoms with Gasteiger partial charge < -0.3 is 14.8 Å². The molecule has 0 unspecified atom stereocenters. The van der Waals surface area contributed by atoms with Crippen molar-refractivity contribution in [2.75, 3.05) is 17.9 Å². The van der Waals surface area contributed by atoms with E-state index in [0.717, 1.165) is 11.1 Å². The minimum Gasteiger partial charge on any atom is -0.486 e. The van der Waals surface area contributed by atoms with E-state index < -0.39 is 10.0 Å². The molecule has 0 saturated carbocycles. The lowest BCUT2D eigenvalue weighted by Gasteiger charge is -2.19. The Kier molecular flexibility index (Phi) is 5.81. The largest absolute Gasteiger partial charge is 0.486 e. The van der Waals surface area contributed by atoms with Gasteiger partial charge in [0.2, 0.25) is 0 Å². The molecule has 0 bridgehead atoms. The van der Waals surface area contributed by atoms with Crippen molar-refractivity contribution < 1.29 is 22.7 Å². The normalized spacial score (nSPS) is 12.8. The molecule has 2 N–H and O–H groups in total. The summed E-state index contributed by atoms with van der Waals surface area (Å²) in [5.41, 5.74) is 2.58. The fourth-order valence-electron chi connectivity index (χ4n) is 3.16. The molecule has 0 spiro atoms. The molecule has 1 heterocycles. The molecular formula is C23H22N2O5S. The predicted octanol–water partition coefficient (Wildman–Crippen LogP) is 3.50. The van der Waals surface area contributed by atoms with E-state index in [4.69, 9.17) is 9.47 Å². The van der Waals surface area contributed by atoms with Crippen molar-refractivity contribution in [2.45, 2.75) is 18.4 Å². The molecule has 31 heavy (non-hydrogen) atoms. The van der Waals surface area contributed by atoms with Gasteiger partial charge in [-0.3, -0.25) is 9.52 Å². The monoisotopic (exact) mass is 438 g/mol. The maximum Gasteiger partial charge on any atom is 0.261 e. The van der Waals surface area contributed by atoms with E-state index in [0.29, 0.717) is 42.5 Å². The Balaban J connectivity index is 1.40. The molecule has 1 aliphatic rings. The highest BCUT2D eigenvalue weighted by Crippen LogP contribution is 2.30. The second kappa shape index (κ2) is 8.69. The number of hydrogen-bond acceptors (Lipinski definition) is 5. The Morgan fingerprint density at radius 2 is 1.65 bits per heavy atom.